The monoisotopic (exact) mass is 266 g/mol. The van der Waals surface area contributed by atoms with Crippen molar-refractivity contribution in [1.82, 2.24) is 0 Å². The summed E-state index contributed by atoms with van der Waals surface area (Å²) in [5, 5.41) is 0. The van der Waals surface area contributed by atoms with E-state index < -0.39 is 0 Å². The molecule has 0 fully saturated rings. The summed E-state index contributed by atoms with van der Waals surface area (Å²) in [5.41, 5.74) is 3.55. The summed E-state index contributed by atoms with van der Waals surface area (Å²) in [6.45, 7) is 4.44. The first kappa shape index (κ1) is 14.5. The quantitative estimate of drug-likeness (QED) is 0.764. The lowest BCUT2D eigenvalue weighted by atomic mass is 9.99. The molecule has 0 spiro atoms. The van der Waals surface area contributed by atoms with E-state index in [1.165, 1.54) is 5.56 Å². The van der Waals surface area contributed by atoms with E-state index in [1.54, 1.807) is 0 Å². The van der Waals surface area contributed by atoms with Crippen molar-refractivity contribution < 1.29 is 4.79 Å². The molecular formula is C19H22O. The highest BCUT2D eigenvalue weighted by Crippen LogP contribution is 2.11. The van der Waals surface area contributed by atoms with Crippen LogP contribution in [0.15, 0.2) is 54.6 Å². The molecule has 104 valence electrons. The van der Waals surface area contributed by atoms with E-state index in [0.717, 1.165) is 17.5 Å². The third-order valence-electron chi connectivity index (χ3n) is 3.31. The molecule has 2 rings (SSSR count). The van der Waals surface area contributed by atoms with E-state index in [1.807, 2.05) is 30.3 Å². The molecule has 0 saturated heterocycles. The SMILES string of the molecule is CC(C)Cc1ccc(CC(=O)Cc2ccccc2)cc1. The number of rotatable bonds is 6. The van der Waals surface area contributed by atoms with Gasteiger partial charge in [0.1, 0.15) is 5.78 Å². The minimum Gasteiger partial charge on any atom is -0.299 e. The van der Waals surface area contributed by atoms with Crippen molar-refractivity contribution in [1.29, 1.82) is 0 Å². The summed E-state index contributed by atoms with van der Waals surface area (Å²) < 4.78 is 0. The second kappa shape index (κ2) is 7.04. The van der Waals surface area contributed by atoms with Crippen LogP contribution in [-0.2, 0) is 24.1 Å². The third kappa shape index (κ3) is 4.65. The fourth-order valence-corrected chi connectivity index (χ4v) is 2.38. The molecule has 1 heteroatoms. The van der Waals surface area contributed by atoms with Crippen molar-refractivity contribution in [2.45, 2.75) is 33.1 Å². The van der Waals surface area contributed by atoms with Gasteiger partial charge in [0.2, 0.25) is 0 Å². The van der Waals surface area contributed by atoms with Crippen LogP contribution in [0.3, 0.4) is 0 Å². The Labute approximate surface area is 121 Å². The zero-order valence-electron chi connectivity index (χ0n) is 12.3. The van der Waals surface area contributed by atoms with Gasteiger partial charge in [-0.15, -0.1) is 0 Å². The fourth-order valence-electron chi connectivity index (χ4n) is 2.38. The molecule has 0 N–H and O–H groups in total. The van der Waals surface area contributed by atoms with Gasteiger partial charge in [0.15, 0.2) is 0 Å². The van der Waals surface area contributed by atoms with Crippen LogP contribution < -0.4 is 0 Å². The van der Waals surface area contributed by atoms with Gasteiger partial charge in [0.05, 0.1) is 0 Å². The molecule has 0 unspecified atom stereocenters. The molecule has 0 saturated carbocycles. The smallest absolute Gasteiger partial charge is 0.141 e. The first-order valence-corrected chi connectivity index (χ1v) is 7.27. The third-order valence-corrected chi connectivity index (χ3v) is 3.31. The Morgan fingerprint density at radius 1 is 0.800 bits per heavy atom. The average molecular weight is 266 g/mol. The molecule has 0 atom stereocenters. The maximum atomic E-state index is 12.0. The van der Waals surface area contributed by atoms with Gasteiger partial charge in [-0.25, -0.2) is 0 Å². The Morgan fingerprint density at radius 2 is 1.30 bits per heavy atom. The van der Waals surface area contributed by atoms with E-state index in [2.05, 4.69) is 38.1 Å². The Morgan fingerprint density at radius 3 is 1.85 bits per heavy atom. The highest BCUT2D eigenvalue weighted by Gasteiger charge is 2.05. The standard InChI is InChI=1S/C19H22O/c1-15(2)12-17-8-10-18(11-9-17)14-19(20)13-16-6-4-3-5-7-16/h3-11,15H,12-14H2,1-2H3. The molecule has 0 aliphatic rings. The van der Waals surface area contributed by atoms with Crippen molar-refractivity contribution in [3.05, 3.63) is 71.3 Å². The molecule has 0 bridgehead atoms. The second-order valence-corrected chi connectivity index (χ2v) is 5.79. The average Bonchev–Trinajstić information content (AvgIpc) is 2.41. The normalized spacial score (nSPS) is 10.8. The lowest BCUT2D eigenvalue weighted by molar-refractivity contribution is -0.117. The van der Waals surface area contributed by atoms with E-state index in [9.17, 15) is 4.79 Å². The number of carbonyl (C=O) groups excluding carboxylic acids is 1. The molecule has 0 amide bonds. The molecular weight excluding hydrogens is 244 g/mol. The van der Waals surface area contributed by atoms with Crippen LogP contribution in [0, 0.1) is 5.92 Å². The summed E-state index contributed by atoms with van der Waals surface area (Å²) >= 11 is 0. The van der Waals surface area contributed by atoms with Gasteiger partial charge in [0.25, 0.3) is 0 Å². The number of Topliss-reactive ketones (excluding diaryl/α,β-unsaturated/α-hetero) is 1. The maximum Gasteiger partial charge on any atom is 0.141 e. The van der Waals surface area contributed by atoms with Crippen molar-refractivity contribution in [2.75, 3.05) is 0 Å². The van der Waals surface area contributed by atoms with Gasteiger partial charge in [-0.1, -0.05) is 68.4 Å². The van der Waals surface area contributed by atoms with E-state index in [0.29, 0.717) is 18.8 Å². The van der Waals surface area contributed by atoms with Crippen LogP contribution in [0.25, 0.3) is 0 Å². The lowest BCUT2D eigenvalue weighted by Gasteiger charge is -2.06. The topological polar surface area (TPSA) is 17.1 Å². The van der Waals surface area contributed by atoms with Crippen molar-refractivity contribution in [3.63, 3.8) is 0 Å². The molecule has 0 aromatic heterocycles. The van der Waals surface area contributed by atoms with E-state index in [4.69, 9.17) is 0 Å². The van der Waals surface area contributed by atoms with Crippen LogP contribution >= 0.6 is 0 Å². The molecule has 0 radical (unpaired) electrons. The number of carbonyl (C=O) groups is 1. The van der Waals surface area contributed by atoms with Crippen LogP contribution in [-0.4, -0.2) is 5.78 Å². The Hall–Kier alpha value is -1.89. The Kier molecular flexibility index (Phi) is 5.11. The zero-order valence-corrected chi connectivity index (χ0v) is 12.3. The molecule has 2 aromatic carbocycles. The first-order valence-electron chi connectivity index (χ1n) is 7.27. The second-order valence-electron chi connectivity index (χ2n) is 5.79. The highest BCUT2D eigenvalue weighted by atomic mass is 16.1. The van der Waals surface area contributed by atoms with Gasteiger partial charge in [-0.3, -0.25) is 4.79 Å². The van der Waals surface area contributed by atoms with Crippen LogP contribution in [0.4, 0.5) is 0 Å². The predicted molar refractivity (Wildman–Crippen MR) is 83.8 cm³/mol. The Balaban J connectivity index is 1.91. The van der Waals surface area contributed by atoms with Gasteiger partial charge < -0.3 is 0 Å². The van der Waals surface area contributed by atoms with Crippen molar-refractivity contribution in [2.24, 2.45) is 5.92 Å². The minimum atomic E-state index is 0.271. The van der Waals surface area contributed by atoms with Gasteiger partial charge >= 0.3 is 0 Å². The van der Waals surface area contributed by atoms with Gasteiger partial charge in [-0.05, 0) is 29.0 Å². The number of hydrogen-bond acceptors (Lipinski definition) is 1. The van der Waals surface area contributed by atoms with Crippen LogP contribution in [0.1, 0.15) is 30.5 Å². The van der Waals surface area contributed by atoms with E-state index >= 15 is 0 Å². The number of benzene rings is 2. The molecule has 0 aliphatic carbocycles. The Bertz CT molecular complexity index is 538. The summed E-state index contributed by atoms with van der Waals surface area (Å²) in [6, 6.07) is 18.4. The molecule has 2 aromatic rings. The molecule has 20 heavy (non-hydrogen) atoms. The van der Waals surface area contributed by atoms with Gasteiger partial charge in [0, 0.05) is 12.8 Å². The predicted octanol–water partition coefficient (Wildman–Crippen LogP) is 4.24. The summed E-state index contributed by atoms with van der Waals surface area (Å²) in [4.78, 5) is 12.0. The van der Waals surface area contributed by atoms with Gasteiger partial charge in [-0.2, -0.15) is 0 Å². The summed E-state index contributed by atoms with van der Waals surface area (Å²) in [5.74, 6) is 0.938. The molecule has 0 heterocycles. The molecule has 0 aliphatic heterocycles. The minimum absolute atomic E-state index is 0.271. The van der Waals surface area contributed by atoms with Crippen molar-refractivity contribution in [3.8, 4) is 0 Å². The van der Waals surface area contributed by atoms with Crippen molar-refractivity contribution >= 4 is 5.78 Å². The fraction of sp³-hybridized carbons (Fsp3) is 0.316. The first-order chi connectivity index (χ1) is 9.63. The lowest BCUT2D eigenvalue weighted by Crippen LogP contribution is -2.06. The number of hydrogen-bond donors (Lipinski definition) is 0. The maximum absolute atomic E-state index is 12.0. The van der Waals surface area contributed by atoms with Crippen LogP contribution in [0.5, 0.6) is 0 Å². The zero-order chi connectivity index (χ0) is 14.4. The van der Waals surface area contributed by atoms with Crippen LogP contribution in [0.2, 0.25) is 0 Å². The summed E-state index contributed by atoms with van der Waals surface area (Å²) in [7, 11) is 0. The highest BCUT2D eigenvalue weighted by molar-refractivity contribution is 5.83. The number of ketones is 1. The van der Waals surface area contributed by atoms with E-state index in [-0.39, 0.29) is 5.78 Å². The largest absolute Gasteiger partial charge is 0.299 e. The summed E-state index contributed by atoms with van der Waals surface area (Å²) in [6.07, 6.45) is 2.14. The molecule has 1 nitrogen and oxygen atoms in total.